The zero-order valence-electron chi connectivity index (χ0n) is 9.88. The van der Waals surface area contributed by atoms with Crippen LogP contribution in [0.15, 0.2) is 53.1 Å². The second kappa shape index (κ2) is 4.53. The second-order valence-corrected chi connectivity index (χ2v) is 4.02. The fraction of sp³-hybridized carbons (Fsp3) is 0. The molecule has 0 aliphatic carbocycles. The van der Waals surface area contributed by atoms with Crippen molar-refractivity contribution in [2.75, 3.05) is 5.73 Å². The molecule has 3 aromatic rings. The molecule has 0 aliphatic rings. The molecule has 0 fully saturated rings. The molecule has 19 heavy (non-hydrogen) atoms. The van der Waals surface area contributed by atoms with Gasteiger partial charge in [0.2, 0.25) is 5.82 Å². The van der Waals surface area contributed by atoms with E-state index in [1.807, 2.05) is 0 Å². The molecule has 5 heteroatoms. The van der Waals surface area contributed by atoms with Crippen LogP contribution in [0, 0.1) is 5.82 Å². The summed E-state index contributed by atoms with van der Waals surface area (Å²) in [5, 5.41) is 3.84. The summed E-state index contributed by atoms with van der Waals surface area (Å²) in [5.41, 5.74) is 7.31. The van der Waals surface area contributed by atoms with E-state index in [1.165, 1.54) is 6.07 Å². The molecule has 0 saturated heterocycles. The predicted molar refractivity (Wildman–Crippen MR) is 69.5 cm³/mol. The first kappa shape index (κ1) is 11.4. The van der Waals surface area contributed by atoms with E-state index in [2.05, 4.69) is 10.1 Å². The number of halogens is 1. The Morgan fingerprint density at radius 1 is 1.00 bits per heavy atom. The van der Waals surface area contributed by atoms with Crippen LogP contribution in [0.1, 0.15) is 0 Å². The average molecular weight is 255 g/mol. The Labute approximate surface area is 108 Å². The average Bonchev–Trinajstić information content (AvgIpc) is 2.89. The Morgan fingerprint density at radius 3 is 2.47 bits per heavy atom. The summed E-state index contributed by atoms with van der Waals surface area (Å²) < 4.78 is 18.7. The monoisotopic (exact) mass is 255 g/mol. The summed E-state index contributed by atoms with van der Waals surface area (Å²) >= 11 is 0. The van der Waals surface area contributed by atoms with E-state index in [0.29, 0.717) is 11.5 Å². The molecule has 94 valence electrons. The van der Waals surface area contributed by atoms with E-state index in [4.69, 9.17) is 10.3 Å². The van der Waals surface area contributed by atoms with Crippen molar-refractivity contribution in [3.05, 3.63) is 54.3 Å². The summed E-state index contributed by atoms with van der Waals surface area (Å²) in [4.78, 5) is 4.18. The van der Waals surface area contributed by atoms with E-state index in [-0.39, 0.29) is 11.5 Å². The van der Waals surface area contributed by atoms with E-state index < -0.39 is 5.82 Å². The Hall–Kier alpha value is -2.69. The van der Waals surface area contributed by atoms with Crippen LogP contribution in [0.2, 0.25) is 0 Å². The second-order valence-electron chi connectivity index (χ2n) is 4.02. The number of benzene rings is 2. The van der Waals surface area contributed by atoms with Crippen LogP contribution < -0.4 is 5.73 Å². The molecular formula is C14H10FN3O. The minimum absolute atomic E-state index is 0.157. The number of nitrogen functional groups attached to an aromatic ring is 1. The van der Waals surface area contributed by atoms with Crippen molar-refractivity contribution in [3.8, 4) is 22.8 Å². The largest absolute Gasteiger partial charge is 0.399 e. The van der Waals surface area contributed by atoms with Gasteiger partial charge in [-0.1, -0.05) is 17.3 Å². The van der Waals surface area contributed by atoms with Crippen LogP contribution in [0.4, 0.5) is 10.1 Å². The molecule has 0 unspecified atom stereocenters. The third kappa shape index (κ3) is 2.18. The summed E-state index contributed by atoms with van der Waals surface area (Å²) in [6.07, 6.45) is 0. The van der Waals surface area contributed by atoms with E-state index in [9.17, 15) is 4.39 Å². The quantitative estimate of drug-likeness (QED) is 0.714. The lowest BCUT2D eigenvalue weighted by Gasteiger charge is -1.95. The molecule has 0 spiro atoms. The van der Waals surface area contributed by atoms with Crippen LogP contribution in [-0.2, 0) is 0 Å². The first-order chi connectivity index (χ1) is 9.24. The van der Waals surface area contributed by atoms with Crippen LogP contribution in [0.5, 0.6) is 0 Å². The van der Waals surface area contributed by atoms with E-state index in [0.717, 1.165) is 5.56 Å². The third-order valence-corrected chi connectivity index (χ3v) is 2.70. The number of hydrogen-bond acceptors (Lipinski definition) is 4. The van der Waals surface area contributed by atoms with Crippen LogP contribution in [0.3, 0.4) is 0 Å². The van der Waals surface area contributed by atoms with Gasteiger partial charge in [0.1, 0.15) is 5.82 Å². The zero-order valence-corrected chi connectivity index (χ0v) is 9.88. The SMILES string of the molecule is Nc1ccc(-c2noc(-c3ccccc3F)n2)cc1. The normalized spacial score (nSPS) is 10.6. The molecule has 2 aromatic carbocycles. The number of nitrogens with zero attached hydrogens (tertiary/aromatic N) is 2. The zero-order chi connectivity index (χ0) is 13.2. The number of nitrogens with two attached hydrogens (primary N) is 1. The lowest BCUT2D eigenvalue weighted by molar-refractivity contribution is 0.429. The van der Waals surface area contributed by atoms with Gasteiger partial charge in [0.05, 0.1) is 5.56 Å². The van der Waals surface area contributed by atoms with Crippen molar-refractivity contribution >= 4 is 5.69 Å². The van der Waals surface area contributed by atoms with Gasteiger partial charge < -0.3 is 10.3 Å². The van der Waals surface area contributed by atoms with Crippen molar-refractivity contribution in [2.24, 2.45) is 0 Å². The van der Waals surface area contributed by atoms with Crippen molar-refractivity contribution in [1.82, 2.24) is 10.1 Å². The van der Waals surface area contributed by atoms with Crippen molar-refractivity contribution < 1.29 is 8.91 Å². The Morgan fingerprint density at radius 2 is 1.74 bits per heavy atom. The molecule has 0 amide bonds. The minimum Gasteiger partial charge on any atom is -0.399 e. The van der Waals surface area contributed by atoms with E-state index >= 15 is 0 Å². The molecule has 1 aromatic heterocycles. The summed E-state index contributed by atoms with van der Waals surface area (Å²) in [6, 6.07) is 13.3. The van der Waals surface area contributed by atoms with Gasteiger partial charge >= 0.3 is 0 Å². The third-order valence-electron chi connectivity index (χ3n) is 2.70. The molecule has 2 N–H and O–H groups in total. The van der Waals surface area contributed by atoms with Gasteiger partial charge in [-0.25, -0.2) is 4.39 Å². The maximum absolute atomic E-state index is 13.6. The number of rotatable bonds is 2. The minimum atomic E-state index is -0.394. The standard InChI is InChI=1S/C14H10FN3O/c15-12-4-2-1-3-11(12)14-17-13(18-19-14)9-5-7-10(16)8-6-9/h1-8H,16H2. The molecule has 0 aliphatic heterocycles. The van der Waals surface area contributed by atoms with Crippen LogP contribution in [-0.4, -0.2) is 10.1 Å². The molecule has 1 heterocycles. The highest BCUT2D eigenvalue weighted by Crippen LogP contribution is 2.24. The van der Waals surface area contributed by atoms with Crippen molar-refractivity contribution in [3.63, 3.8) is 0 Å². The van der Waals surface area contributed by atoms with Gasteiger partial charge in [0.25, 0.3) is 5.89 Å². The molecule has 3 rings (SSSR count). The summed E-state index contributed by atoms with van der Waals surface area (Å²) in [5.74, 6) is 0.165. The van der Waals surface area contributed by atoms with Gasteiger partial charge in [-0.2, -0.15) is 4.98 Å². The molecule has 0 radical (unpaired) electrons. The predicted octanol–water partition coefficient (Wildman–Crippen LogP) is 3.12. The Kier molecular flexibility index (Phi) is 2.72. The fourth-order valence-electron chi connectivity index (χ4n) is 1.72. The number of hydrogen-bond donors (Lipinski definition) is 1. The lowest BCUT2D eigenvalue weighted by atomic mass is 10.2. The number of aromatic nitrogens is 2. The molecule has 0 atom stereocenters. The van der Waals surface area contributed by atoms with Crippen LogP contribution in [0.25, 0.3) is 22.8 Å². The first-order valence-electron chi connectivity index (χ1n) is 5.68. The van der Waals surface area contributed by atoms with Crippen LogP contribution >= 0.6 is 0 Å². The highest BCUT2D eigenvalue weighted by atomic mass is 19.1. The smallest absolute Gasteiger partial charge is 0.261 e. The highest BCUT2D eigenvalue weighted by molar-refractivity contribution is 5.61. The van der Waals surface area contributed by atoms with Crippen molar-refractivity contribution in [1.29, 1.82) is 0 Å². The van der Waals surface area contributed by atoms with Crippen molar-refractivity contribution in [2.45, 2.75) is 0 Å². The van der Waals surface area contributed by atoms with Gasteiger partial charge in [0.15, 0.2) is 0 Å². The van der Waals surface area contributed by atoms with Gasteiger partial charge in [0, 0.05) is 11.3 Å². The Bertz CT molecular complexity index is 707. The summed E-state index contributed by atoms with van der Waals surface area (Å²) in [7, 11) is 0. The van der Waals surface area contributed by atoms with Gasteiger partial charge in [-0.15, -0.1) is 0 Å². The molecular weight excluding hydrogens is 245 g/mol. The fourth-order valence-corrected chi connectivity index (χ4v) is 1.72. The molecule has 0 saturated carbocycles. The number of anilines is 1. The van der Waals surface area contributed by atoms with Gasteiger partial charge in [-0.3, -0.25) is 0 Å². The highest BCUT2D eigenvalue weighted by Gasteiger charge is 2.13. The first-order valence-corrected chi connectivity index (χ1v) is 5.68. The molecule has 0 bridgehead atoms. The maximum atomic E-state index is 13.6. The van der Waals surface area contributed by atoms with E-state index in [1.54, 1.807) is 42.5 Å². The summed E-state index contributed by atoms with van der Waals surface area (Å²) in [6.45, 7) is 0. The Balaban J connectivity index is 2.00. The topological polar surface area (TPSA) is 64.9 Å². The molecule has 4 nitrogen and oxygen atoms in total. The van der Waals surface area contributed by atoms with Gasteiger partial charge in [-0.05, 0) is 36.4 Å². The lowest BCUT2D eigenvalue weighted by Crippen LogP contribution is -1.86. The maximum Gasteiger partial charge on any atom is 0.261 e.